The fraction of sp³-hybridized carbons (Fsp3) is 0.308. The second kappa shape index (κ2) is 5.40. The molecule has 1 aromatic heterocycles. The van der Waals surface area contributed by atoms with E-state index in [2.05, 4.69) is 10.4 Å². The Bertz CT molecular complexity index is 551. The minimum atomic E-state index is -0.304. The summed E-state index contributed by atoms with van der Waals surface area (Å²) in [6.45, 7) is 5.36. The molecule has 18 heavy (non-hydrogen) atoms. The van der Waals surface area contributed by atoms with Crippen LogP contribution in [-0.2, 0) is 13.1 Å². The minimum Gasteiger partial charge on any atom is -0.378 e. The standard InChI is InChI=1S/C13H15ClFN3/c1-3-18-11(6-9(2)17-18)8-16-13-7-10(15)4-5-12(13)14/h4-7,16H,3,8H2,1-2H3. The summed E-state index contributed by atoms with van der Waals surface area (Å²) in [5.41, 5.74) is 2.62. The lowest BCUT2D eigenvalue weighted by Gasteiger charge is -2.09. The Morgan fingerprint density at radius 2 is 2.17 bits per heavy atom. The molecule has 0 unspecified atom stereocenters. The molecule has 1 heterocycles. The van der Waals surface area contributed by atoms with Crippen LogP contribution in [0, 0.1) is 12.7 Å². The molecule has 0 radical (unpaired) electrons. The van der Waals surface area contributed by atoms with Gasteiger partial charge in [-0.3, -0.25) is 4.68 Å². The third kappa shape index (κ3) is 2.82. The maximum absolute atomic E-state index is 13.1. The van der Waals surface area contributed by atoms with Crippen molar-refractivity contribution in [2.45, 2.75) is 26.9 Å². The summed E-state index contributed by atoms with van der Waals surface area (Å²) < 4.78 is 15.0. The monoisotopic (exact) mass is 267 g/mol. The predicted octanol–water partition coefficient (Wildman–Crippen LogP) is 3.62. The van der Waals surface area contributed by atoms with Gasteiger partial charge in [0.05, 0.1) is 28.6 Å². The summed E-state index contributed by atoms with van der Waals surface area (Å²) >= 11 is 5.99. The van der Waals surface area contributed by atoms with Crippen LogP contribution < -0.4 is 5.32 Å². The van der Waals surface area contributed by atoms with Crippen molar-refractivity contribution < 1.29 is 4.39 Å². The number of rotatable bonds is 4. The van der Waals surface area contributed by atoms with Gasteiger partial charge < -0.3 is 5.32 Å². The Kier molecular flexibility index (Phi) is 3.87. The first-order valence-corrected chi connectivity index (χ1v) is 6.20. The third-order valence-electron chi connectivity index (χ3n) is 2.67. The van der Waals surface area contributed by atoms with Crippen molar-refractivity contribution in [3.63, 3.8) is 0 Å². The van der Waals surface area contributed by atoms with Crippen molar-refractivity contribution in [3.05, 3.63) is 46.5 Å². The first kappa shape index (κ1) is 12.9. The van der Waals surface area contributed by atoms with Crippen molar-refractivity contribution in [1.82, 2.24) is 9.78 Å². The van der Waals surface area contributed by atoms with Crippen molar-refractivity contribution >= 4 is 17.3 Å². The van der Waals surface area contributed by atoms with Crippen molar-refractivity contribution in [3.8, 4) is 0 Å². The SMILES string of the molecule is CCn1nc(C)cc1CNc1cc(F)ccc1Cl. The number of nitrogens with zero attached hydrogens (tertiary/aromatic N) is 2. The molecule has 0 spiro atoms. The Labute approximate surface area is 111 Å². The van der Waals surface area contributed by atoms with Crippen LogP contribution in [0.1, 0.15) is 18.3 Å². The highest BCUT2D eigenvalue weighted by molar-refractivity contribution is 6.33. The topological polar surface area (TPSA) is 29.9 Å². The molecule has 0 amide bonds. The maximum Gasteiger partial charge on any atom is 0.125 e. The number of benzene rings is 1. The maximum atomic E-state index is 13.1. The van der Waals surface area contributed by atoms with E-state index in [4.69, 9.17) is 11.6 Å². The Balaban J connectivity index is 2.13. The van der Waals surface area contributed by atoms with E-state index in [0.29, 0.717) is 17.3 Å². The van der Waals surface area contributed by atoms with Crippen molar-refractivity contribution in [1.29, 1.82) is 0 Å². The van der Waals surface area contributed by atoms with Crippen molar-refractivity contribution in [2.24, 2.45) is 0 Å². The first-order valence-electron chi connectivity index (χ1n) is 5.82. The zero-order chi connectivity index (χ0) is 13.1. The Morgan fingerprint density at radius 1 is 1.39 bits per heavy atom. The van der Waals surface area contributed by atoms with E-state index < -0.39 is 0 Å². The van der Waals surface area contributed by atoms with Gasteiger partial charge in [-0.1, -0.05) is 11.6 Å². The molecular weight excluding hydrogens is 253 g/mol. The number of nitrogens with one attached hydrogen (secondary N) is 1. The second-order valence-corrected chi connectivity index (χ2v) is 4.48. The van der Waals surface area contributed by atoms with E-state index in [0.717, 1.165) is 17.9 Å². The van der Waals surface area contributed by atoms with Gasteiger partial charge in [-0.2, -0.15) is 5.10 Å². The summed E-state index contributed by atoms with van der Waals surface area (Å²) in [5, 5.41) is 7.99. The molecule has 0 aliphatic carbocycles. The number of hydrogen-bond acceptors (Lipinski definition) is 2. The number of hydrogen-bond donors (Lipinski definition) is 1. The van der Waals surface area contributed by atoms with Gasteiger partial charge in [0.2, 0.25) is 0 Å². The molecule has 0 aliphatic rings. The van der Waals surface area contributed by atoms with Gasteiger partial charge in [-0.05, 0) is 38.1 Å². The summed E-state index contributed by atoms with van der Waals surface area (Å²) in [6.07, 6.45) is 0. The zero-order valence-corrected chi connectivity index (χ0v) is 11.1. The van der Waals surface area contributed by atoms with E-state index in [1.807, 2.05) is 24.6 Å². The molecule has 1 aromatic carbocycles. The number of aromatic nitrogens is 2. The lowest BCUT2D eigenvalue weighted by atomic mass is 10.3. The highest BCUT2D eigenvalue weighted by Crippen LogP contribution is 2.23. The minimum absolute atomic E-state index is 0.304. The van der Waals surface area contributed by atoms with E-state index in [9.17, 15) is 4.39 Å². The lowest BCUT2D eigenvalue weighted by molar-refractivity contribution is 0.621. The van der Waals surface area contributed by atoms with Gasteiger partial charge >= 0.3 is 0 Å². The predicted molar refractivity (Wildman–Crippen MR) is 71.4 cm³/mol. The van der Waals surface area contributed by atoms with Gasteiger partial charge in [0.15, 0.2) is 0 Å². The highest BCUT2D eigenvalue weighted by atomic mass is 35.5. The van der Waals surface area contributed by atoms with Gasteiger partial charge in [-0.15, -0.1) is 0 Å². The molecule has 0 saturated heterocycles. The molecular formula is C13H15ClFN3. The molecule has 0 fully saturated rings. The molecule has 3 nitrogen and oxygen atoms in total. The average Bonchev–Trinajstić information content (AvgIpc) is 2.71. The number of halogens is 2. The van der Waals surface area contributed by atoms with Gasteiger partial charge in [0, 0.05) is 6.54 Å². The Hall–Kier alpha value is -1.55. The number of anilines is 1. The van der Waals surface area contributed by atoms with Crippen molar-refractivity contribution in [2.75, 3.05) is 5.32 Å². The van der Waals surface area contributed by atoms with E-state index in [1.165, 1.54) is 12.1 Å². The normalized spacial score (nSPS) is 10.7. The summed E-state index contributed by atoms with van der Waals surface area (Å²) in [5.74, 6) is -0.304. The van der Waals surface area contributed by atoms with Crippen LogP contribution in [0.3, 0.4) is 0 Å². The summed E-state index contributed by atoms with van der Waals surface area (Å²) in [4.78, 5) is 0. The third-order valence-corrected chi connectivity index (χ3v) is 3.00. The van der Waals surface area contributed by atoms with Crippen LogP contribution in [-0.4, -0.2) is 9.78 Å². The molecule has 0 aliphatic heterocycles. The molecule has 0 atom stereocenters. The molecule has 0 bridgehead atoms. The largest absolute Gasteiger partial charge is 0.378 e. The van der Waals surface area contributed by atoms with Gasteiger partial charge in [0.1, 0.15) is 5.82 Å². The van der Waals surface area contributed by atoms with Crippen LogP contribution in [0.25, 0.3) is 0 Å². The van der Waals surface area contributed by atoms with Crippen LogP contribution in [0.5, 0.6) is 0 Å². The van der Waals surface area contributed by atoms with Gasteiger partial charge in [-0.25, -0.2) is 4.39 Å². The van der Waals surface area contributed by atoms with E-state index in [1.54, 1.807) is 6.07 Å². The van der Waals surface area contributed by atoms with Gasteiger partial charge in [0.25, 0.3) is 0 Å². The molecule has 1 N–H and O–H groups in total. The van der Waals surface area contributed by atoms with Crippen LogP contribution in [0.15, 0.2) is 24.3 Å². The van der Waals surface area contributed by atoms with Crippen LogP contribution >= 0.6 is 11.6 Å². The molecule has 0 saturated carbocycles. The smallest absolute Gasteiger partial charge is 0.125 e. The summed E-state index contributed by atoms with van der Waals surface area (Å²) in [7, 11) is 0. The van der Waals surface area contributed by atoms with E-state index in [-0.39, 0.29) is 5.82 Å². The molecule has 2 rings (SSSR count). The van der Waals surface area contributed by atoms with E-state index >= 15 is 0 Å². The first-order chi connectivity index (χ1) is 8.60. The Morgan fingerprint density at radius 3 is 2.89 bits per heavy atom. The fourth-order valence-electron chi connectivity index (χ4n) is 1.83. The molecule has 96 valence electrons. The number of aryl methyl sites for hydroxylation is 2. The summed E-state index contributed by atoms with van der Waals surface area (Å²) in [6, 6.07) is 6.28. The molecule has 5 heteroatoms. The zero-order valence-electron chi connectivity index (χ0n) is 10.4. The molecule has 2 aromatic rings. The lowest BCUT2D eigenvalue weighted by Crippen LogP contribution is -2.08. The van der Waals surface area contributed by atoms with Crippen LogP contribution in [0.2, 0.25) is 5.02 Å². The second-order valence-electron chi connectivity index (χ2n) is 4.07. The fourth-order valence-corrected chi connectivity index (χ4v) is 2.02. The highest BCUT2D eigenvalue weighted by Gasteiger charge is 2.06. The van der Waals surface area contributed by atoms with Crippen LogP contribution in [0.4, 0.5) is 10.1 Å². The quantitative estimate of drug-likeness (QED) is 0.917. The average molecular weight is 268 g/mol.